The predicted molar refractivity (Wildman–Crippen MR) is 121 cm³/mol. The Balaban J connectivity index is 1.17. The van der Waals surface area contributed by atoms with Crippen molar-refractivity contribution in [1.29, 1.82) is 0 Å². The van der Waals surface area contributed by atoms with Gasteiger partial charge in [0.05, 0.1) is 24.7 Å². The molecule has 0 unspecified atom stereocenters. The van der Waals surface area contributed by atoms with Gasteiger partial charge in [-0.1, -0.05) is 12.1 Å². The van der Waals surface area contributed by atoms with E-state index < -0.39 is 0 Å². The third-order valence-corrected chi connectivity index (χ3v) is 6.73. The van der Waals surface area contributed by atoms with Crippen LogP contribution in [0.25, 0.3) is 11.0 Å². The van der Waals surface area contributed by atoms with Gasteiger partial charge in [-0.15, -0.1) is 0 Å². The Morgan fingerprint density at radius 2 is 1.97 bits per heavy atom. The van der Waals surface area contributed by atoms with Crippen LogP contribution in [0.4, 0.5) is 0 Å². The number of piperidine rings is 1. The Kier molecular flexibility index (Phi) is 5.40. The number of ether oxygens (including phenoxy) is 1. The molecule has 162 valence electrons. The Hall–Kier alpha value is -2.86. The first-order chi connectivity index (χ1) is 15.1. The van der Waals surface area contributed by atoms with E-state index in [-0.39, 0.29) is 5.92 Å². The SMILES string of the molecule is COc1ccc2c(c1)CCN(C(=O)C1CCN(Cc3nc4ccc(C)cc4[nH]3)CC1)C2. The van der Waals surface area contributed by atoms with Gasteiger partial charge < -0.3 is 14.6 Å². The second kappa shape index (κ2) is 8.35. The highest BCUT2D eigenvalue weighted by molar-refractivity contribution is 5.79. The van der Waals surface area contributed by atoms with Crippen LogP contribution in [0.3, 0.4) is 0 Å². The van der Waals surface area contributed by atoms with Gasteiger partial charge in [-0.3, -0.25) is 9.69 Å². The van der Waals surface area contributed by atoms with Gasteiger partial charge in [-0.2, -0.15) is 0 Å². The van der Waals surface area contributed by atoms with Crippen molar-refractivity contribution < 1.29 is 9.53 Å². The minimum absolute atomic E-state index is 0.134. The molecule has 0 saturated carbocycles. The molecule has 0 aliphatic carbocycles. The number of hydrogen-bond donors (Lipinski definition) is 1. The molecule has 6 nitrogen and oxygen atoms in total. The fourth-order valence-corrected chi connectivity index (χ4v) is 4.90. The number of H-pyrrole nitrogens is 1. The van der Waals surface area contributed by atoms with E-state index in [0.29, 0.717) is 5.91 Å². The van der Waals surface area contributed by atoms with Crippen molar-refractivity contribution in [2.24, 2.45) is 5.92 Å². The largest absolute Gasteiger partial charge is 0.497 e. The van der Waals surface area contributed by atoms with E-state index in [1.165, 1.54) is 16.7 Å². The number of fused-ring (bicyclic) bond motifs is 2. The average Bonchev–Trinajstić information content (AvgIpc) is 3.19. The topological polar surface area (TPSA) is 61.5 Å². The van der Waals surface area contributed by atoms with Crippen molar-refractivity contribution in [3.05, 3.63) is 58.9 Å². The van der Waals surface area contributed by atoms with Crippen LogP contribution < -0.4 is 4.74 Å². The molecule has 1 N–H and O–H groups in total. The van der Waals surface area contributed by atoms with Crippen LogP contribution in [-0.4, -0.2) is 52.4 Å². The van der Waals surface area contributed by atoms with Crippen LogP contribution in [0.2, 0.25) is 0 Å². The number of aromatic amines is 1. The zero-order chi connectivity index (χ0) is 21.4. The van der Waals surface area contributed by atoms with Crippen LogP contribution in [-0.2, 0) is 24.3 Å². The molecule has 0 bridgehead atoms. The second-order valence-corrected chi connectivity index (χ2v) is 8.90. The summed E-state index contributed by atoms with van der Waals surface area (Å²) in [5.41, 5.74) is 5.91. The van der Waals surface area contributed by atoms with Crippen molar-refractivity contribution in [3.63, 3.8) is 0 Å². The first-order valence-electron chi connectivity index (χ1n) is 11.2. The third-order valence-electron chi connectivity index (χ3n) is 6.73. The number of imidazole rings is 1. The van der Waals surface area contributed by atoms with Crippen LogP contribution >= 0.6 is 0 Å². The standard InChI is InChI=1S/C25H30N4O2/c1-17-3-6-22-23(13-17)27-24(26-22)16-28-10-7-18(8-11-28)25(30)29-12-9-19-14-21(31-2)5-4-20(19)15-29/h3-6,13-14,18H,7-12,15-16H2,1-2H3,(H,26,27). The van der Waals surface area contributed by atoms with Gasteiger partial charge in [0.1, 0.15) is 11.6 Å². The number of amides is 1. The summed E-state index contributed by atoms with van der Waals surface area (Å²) in [6, 6.07) is 12.5. The van der Waals surface area contributed by atoms with Crippen LogP contribution in [0.15, 0.2) is 36.4 Å². The molecule has 2 aliphatic rings. The van der Waals surface area contributed by atoms with Crippen molar-refractivity contribution in [2.75, 3.05) is 26.7 Å². The van der Waals surface area contributed by atoms with E-state index in [1.54, 1.807) is 7.11 Å². The summed E-state index contributed by atoms with van der Waals surface area (Å²) in [6.07, 6.45) is 2.75. The number of benzene rings is 2. The number of aromatic nitrogens is 2. The van der Waals surface area contributed by atoms with Crippen LogP contribution in [0.1, 0.15) is 35.4 Å². The van der Waals surface area contributed by atoms with Gasteiger partial charge in [0, 0.05) is 19.0 Å². The van der Waals surface area contributed by atoms with Crippen molar-refractivity contribution in [3.8, 4) is 5.75 Å². The maximum Gasteiger partial charge on any atom is 0.226 e. The fourth-order valence-electron chi connectivity index (χ4n) is 4.90. The minimum Gasteiger partial charge on any atom is -0.497 e. The highest BCUT2D eigenvalue weighted by Gasteiger charge is 2.30. The van der Waals surface area contributed by atoms with Crippen molar-refractivity contribution in [2.45, 2.75) is 39.3 Å². The van der Waals surface area contributed by atoms with E-state index in [0.717, 1.165) is 74.6 Å². The van der Waals surface area contributed by atoms with Gasteiger partial charge in [-0.05, 0) is 80.2 Å². The fraction of sp³-hybridized carbons (Fsp3) is 0.440. The first-order valence-corrected chi connectivity index (χ1v) is 11.2. The maximum absolute atomic E-state index is 13.2. The normalized spacial score (nSPS) is 17.7. The third kappa shape index (κ3) is 4.17. The number of hydrogen-bond acceptors (Lipinski definition) is 4. The number of carbonyl (C=O) groups is 1. The van der Waals surface area contributed by atoms with E-state index in [2.05, 4.69) is 52.0 Å². The first kappa shape index (κ1) is 20.1. The molecule has 0 spiro atoms. The highest BCUT2D eigenvalue weighted by Crippen LogP contribution is 2.27. The lowest BCUT2D eigenvalue weighted by molar-refractivity contribution is -0.138. The van der Waals surface area contributed by atoms with E-state index in [4.69, 9.17) is 9.72 Å². The quantitative estimate of drug-likeness (QED) is 0.702. The number of likely N-dealkylation sites (tertiary alicyclic amines) is 1. The zero-order valence-electron chi connectivity index (χ0n) is 18.4. The molecule has 3 aromatic rings. The van der Waals surface area contributed by atoms with E-state index >= 15 is 0 Å². The molecule has 2 aromatic carbocycles. The number of methoxy groups -OCH3 is 1. The molecule has 6 heteroatoms. The monoisotopic (exact) mass is 418 g/mol. The Bertz CT molecular complexity index is 1100. The lowest BCUT2D eigenvalue weighted by Gasteiger charge is -2.36. The van der Waals surface area contributed by atoms with Crippen LogP contribution in [0, 0.1) is 12.8 Å². The number of nitrogens with one attached hydrogen (secondary N) is 1. The molecule has 1 amide bonds. The molecule has 31 heavy (non-hydrogen) atoms. The molecule has 2 aliphatic heterocycles. The average molecular weight is 419 g/mol. The minimum atomic E-state index is 0.134. The maximum atomic E-state index is 13.2. The molecule has 0 atom stereocenters. The van der Waals surface area contributed by atoms with Gasteiger partial charge in [-0.25, -0.2) is 4.98 Å². The molecular weight excluding hydrogens is 388 g/mol. The molecule has 1 aromatic heterocycles. The lowest BCUT2D eigenvalue weighted by atomic mass is 9.93. The second-order valence-electron chi connectivity index (χ2n) is 8.90. The summed E-state index contributed by atoms with van der Waals surface area (Å²) in [5.74, 6) is 2.36. The molecule has 5 rings (SSSR count). The van der Waals surface area contributed by atoms with E-state index in [9.17, 15) is 4.79 Å². The summed E-state index contributed by atoms with van der Waals surface area (Å²) >= 11 is 0. The smallest absolute Gasteiger partial charge is 0.226 e. The van der Waals surface area contributed by atoms with Gasteiger partial charge in [0.15, 0.2) is 0 Å². The molecule has 3 heterocycles. The predicted octanol–water partition coefficient (Wildman–Crippen LogP) is 3.68. The summed E-state index contributed by atoms with van der Waals surface area (Å²) < 4.78 is 5.33. The van der Waals surface area contributed by atoms with E-state index in [1.807, 2.05) is 6.07 Å². The number of rotatable bonds is 4. The zero-order valence-corrected chi connectivity index (χ0v) is 18.4. The molecular formula is C25H30N4O2. The Morgan fingerprint density at radius 3 is 2.77 bits per heavy atom. The number of carbonyl (C=O) groups excluding carboxylic acids is 1. The summed E-state index contributed by atoms with van der Waals surface area (Å²) in [6.45, 7) is 6.31. The highest BCUT2D eigenvalue weighted by atomic mass is 16.5. The molecule has 1 saturated heterocycles. The molecule has 0 radical (unpaired) electrons. The molecule has 1 fully saturated rings. The van der Waals surface area contributed by atoms with Crippen molar-refractivity contribution >= 4 is 16.9 Å². The van der Waals surface area contributed by atoms with Gasteiger partial charge in [0.25, 0.3) is 0 Å². The summed E-state index contributed by atoms with van der Waals surface area (Å²) in [5, 5.41) is 0. The lowest BCUT2D eigenvalue weighted by Crippen LogP contribution is -2.44. The summed E-state index contributed by atoms with van der Waals surface area (Å²) in [7, 11) is 1.70. The van der Waals surface area contributed by atoms with Gasteiger partial charge >= 0.3 is 0 Å². The van der Waals surface area contributed by atoms with Crippen LogP contribution in [0.5, 0.6) is 5.75 Å². The Morgan fingerprint density at radius 1 is 1.13 bits per heavy atom. The summed E-state index contributed by atoms with van der Waals surface area (Å²) in [4.78, 5) is 25.8. The number of nitrogens with zero attached hydrogens (tertiary/aromatic N) is 3. The number of aryl methyl sites for hydroxylation is 1. The Labute approximate surface area is 183 Å². The van der Waals surface area contributed by atoms with Crippen molar-refractivity contribution in [1.82, 2.24) is 19.8 Å². The van der Waals surface area contributed by atoms with Gasteiger partial charge in [0.2, 0.25) is 5.91 Å².